The van der Waals surface area contributed by atoms with Gasteiger partial charge in [0.2, 0.25) is 0 Å². The van der Waals surface area contributed by atoms with Gasteiger partial charge in [0, 0.05) is 5.69 Å². The number of hydrogen-bond acceptors (Lipinski definition) is 1. The first-order chi connectivity index (χ1) is 13.2. The van der Waals surface area contributed by atoms with Crippen molar-refractivity contribution in [3.05, 3.63) is 89.5 Å². The van der Waals surface area contributed by atoms with Crippen molar-refractivity contribution in [2.45, 2.75) is 51.9 Å². The van der Waals surface area contributed by atoms with E-state index in [1.807, 2.05) is 12.1 Å². The summed E-state index contributed by atoms with van der Waals surface area (Å²) < 4.78 is 0. The second-order valence-corrected chi connectivity index (χ2v) is 7.45. The van der Waals surface area contributed by atoms with E-state index in [4.69, 9.17) is 5.73 Å². The molecule has 3 rings (SSSR count). The summed E-state index contributed by atoms with van der Waals surface area (Å²) in [6.07, 6.45) is 8.41. The Morgan fingerprint density at radius 3 is 1.30 bits per heavy atom. The van der Waals surface area contributed by atoms with E-state index in [0.717, 1.165) is 18.5 Å². The van der Waals surface area contributed by atoms with Crippen LogP contribution in [-0.2, 0) is 19.3 Å². The molecule has 0 aliphatic heterocycles. The normalized spacial score (nSPS) is 10.9. The first-order valence-corrected chi connectivity index (χ1v) is 10.3. The van der Waals surface area contributed by atoms with Gasteiger partial charge in [0.25, 0.3) is 0 Å². The molecule has 0 saturated heterocycles. The highest BCUT2D eigenvalue weighted by Crippen LogP contribution is 2.22. The molecule has 0 amide bonds. The van der Waals surface area contributed by atoms with Gasteiger partial charge in [-0.15, -0.1) is 0 Å². The van der Waals surface area contributed by atoms with Crippen LogP contribution >= 0.6 is 0 Å². The van der Waals surface area contributed by atoms with Gasteiger partial charge in [0.15, 0.2) is 0 Å². The zero-order chi connectivity index (χ0) is 18.9. The van der Waals surface area contributed by atoms with Crippen LogP contribution in [-0.4, -0.2) is 0 Å². The van der Waals surface area contributed by atoms with Gasteiger partial charge in [-0.25, -0.2) is 0 Å². The molecular formula is C26H31N. The average Bonchev–Trinajstić information content (AvgIpc) is 2.72. The molecular weight excluding hydrogens is 326 g/mol. The van der Waals surface area contributed by atoms with Crippen LogP contribution in [0.25, 0.3) is 11.1 Å². The number of benzene rings is 3. The lowest BCUT2D eigenvalue weighted by Crippen LogP contribution is -1.91. The molecule has 0 aromatic heterocycles. The van der Waals surface area contributed by atoms with Crippen molar-refractivity contribution in [1.82, 2.24) is 0 Å². The number of unbranched alkanes of at least 4 members (excludes halogenated alkanes) is 2. The zero-order valence-corrected chi connectivity index (χ0v) is 16.5. The Kier molecular flexibility index (Phi) is 7.10. The minimum absolute atomic E-state index is 0.842. The van der Waals surface area contributed by atoms with Gasteiger partial charge in [-0.1, -0.05) is 74.0 Å². The molecule has 0 aliphatic carbocycles. The molecule has 0 aliphatic rings. The number of nitrogen functional groups attached to an aromatic ring is 1. The monoisotopic (exact) mass is 357 g/mol. The Morgan fingerprint density at radius 1 is 0.519 bits per heavy atom. The summed E-state index contributed by atoms with van der Waals surface area (Å²) >= 11 is 0. The van der Waals surface area contributed by atoms with E-state index in [0.29, 0.717) is 0 Å². The van der Waals surface area contributed by atoms with Crippen molar-refractivity contribution in [1.29, 1.82) is 0 Å². The fraction of sp³-hybridized carbons (Fsp3) is 0.308. The lowest BCUT2D eigenvalue weighted by molar-refractivity contribution is 0.734. The van der Waals surface area contributed by atoms with Gasteiger partial charge in [-0.05, 0) is 78.5 Å². The second-order valence-electron chi connectivity index (χ2n) is 7.45. The van der Waals surface area contributed by atoms with E-state index in [2.05, 4.69) is 67.6 Å². The van der Waals surface area contributed by atoms with E-state index in [1.54, 1.807) is 0 Å². The Hall–Kier alpha value is -2.54. The fourth-order valence-corrected chi connectivity index (χ4v) is 3.45. The molecule has 1 heteroatoms. The van der Waals surface area contributed by atoms with Gasteiger partial charge >= 0.3 is 0 Å². The molecule has 0 saturated carbocycles. The quantitative estimate of drug-likeness (QED) is 0.329. The summed E-state index contributed by atoms with van der Waals surface area (Å²) in [5.74, 6) is 0. The Bertz CT molecular complexity index is 798. The van der Waals surface area contributed by atoms with E-state index in [-0.39, 0.29) is 0 Å². The number of nitrogens with two attached hydrogens (primary N) is 1. The van der Waals surface area contributed by atoms with Crippen LogP contribution < -0.4 is 5.73 Å². The summed E-state index contributed by atoms with van der Waals surface area (Å²) in [6, 6.07) is 26.4. The van der Waals surface area contributed by atoms with E-state index < -0.39 is 0 Å². The van der Waals surface area contributed by atoms with Crippen molar-refractivity contribution in [3.8, 4) is 11.1 Å². The van der Waals surface area contributed by atoms with Crippen molar-refractivity contribution in [3.63, 3.8) is 0 Å². The molecule has 0 bridgehead atoms. The van der Waals surface area contributed by atoms with E-state index in [9.17, 15) is 0 Å². The third-order valence-corrected chi connectivity index (χ3v) is 5.22. The molecule has 27 heavy (non-hydrogen) atoms. The molecule has 0 radical (unpaired) electrons. The molecule has 0 heterocycles. The zero-order valence-electron chi connectivity index (χ0n) is 16.5. The molecule has 140 valence electrons. The maximum Gasteiger partial charge on any atom is 0.0314 e. The van der Waals surface area contributed by atoms with Crippen LogP contribution in [0.1, 0.15) is 49.3 Å². The highest BCUT2D eigenvalue weighted by Gasteiger charge is 2.00. The standard InChI is InChI=1S/C26H31N/c1-2-3-6-21-9-15-24(16-10-21)25-17-11-22(12-18-25)7-4-5-8-23-13-19-26(27)20-14-23/h9-20H,2-8,27H2,1H3. The van der Waals surface area contributed by atoms with Gasteiger partial charge < -0.3 is 5.73 Å². The molecule has 3 aromatic rings. The Balaban J connectivity index is 1.47. The molecule has 0 atom stereocenters. The van der Waals surface area contributed by atoms with Crippen molar-refractivity contribution >= 4 is 5.69 Å². The molecule has 0 spiro atoms. The average molecular weight is 358 g/mol. The first kappa shape index (κ1) is 19.2. The summed E-state index contributed by atoms with van der Waals surface area (Å²) in [4.78, 5) is 0. The minimum atomic E-state index is 0.842. The van der Waals surface area contributed by atoms with Crippen LogP contribution in [0.5, 0.6) is 0 Å². The van der Waals surface area contributed by atoms with Crippen molar-refractivity contribution in [2.75, 3.05) is 5.73 Å². The maximum absolute atomic E-state index is 5.74. The van der Waals surface area contributed by atoms with Crippen LogP contribution in [0.2, 0.25) is 0 Å². The third-order valence-electron chi connectivity index (χ3n) is 5.22. The largest absolute Gasteiger partial charge is 0.399 e. The molecule has 1 nitrogen and oxygen atoms in total. The van der Waals surface area contributed by atoms with Gasteiger partial charge in [-0.3, -0.25) is 0 Å². The van der Waals surface area contributed by atoms with Gasteiger partial charge in [-0.2, -0.15) is 0 Å². The predicted octanol–water partition coefficient (Wildman–Crippen LogP) is 6.84. The summed E-state index contributed by atoms with van der Waals surface area (Å²) in [7, 11) is 0. The highest BCUT2D eigenvalue weighted by molar-refractivity contribution is 5.64. The molecule has 0 unspecified atom stereocenters. The van der Waals surface area contributed by atoms with Crippen LogP contribution in [0.15, 0.2) is 72.8 Å². The van der Waals surface area contributed by atoms with Crippen molar-refractivity contribution in [2.24, 2.45) is 0 Å². The molecule has 0 fully saturated rings. The number of anilines is 1. The predicted molar refractivity (Wildman–Crippen MR) is 118 cm³/mol. The SMILES string of the molecule is CCCCc1ccc(-c2ccc(CCCCc3ccc(N)cc3)cc2)cc1. The first-order valence-electron chi connectivity index (χ1n) is 10.3. The second kappa shape index (κ2) is 9.97. The van der Waals surface area contributed by atoms with Crippen molar-refractivity contribution < 1.29 is 0 Å². The van der Waals surface area contributed by atoms with Crippen LogP contribution in [0.4, 0.5) is 5.69 Å². The number of hydrogen-bond donors (Lipinski definition) is 1. The Morgan fingerprint density at radius 2 is 0.889 bits per heavy atom. The fourth-order valence-electron chi connectivity index (χ4n) is 3.45. The maximum atomic E-state index is 5.74. The molecule has 3 aromatic carbocycles. The van der Waals surface area contributed by atoms with Gasteiger partial charge in [0.1, 0.15) is 0 Å². The highest BCUT2D eigenvalue weighted by atomic mass is 14.5. The molecule has 2 N–H and O–H groups in total. The smallest absolute Gasteiger partial charge is 0.0314 e. The number of rotatable bonds is 9. The van der Waals surface area contributed by atoms with Crippen LogP contribution in [0.3, 0.4) is 0 Å². The topological polar surface area (TPSA) is 26.0 Å². The lowest BCUT2D eigenvalue weighted by atomic mass is 9.99. The lowest BCUT2D eigenvalue weighted by Gasteiger charge is -2.07. The number of aryl methyl sites for hydroxylation is 3. The van der Waals surface area contributed by atoms with Crippen LogP contribution in [0, 0.1) is 0 Å². The Labute approximate surface area is 164 Å². The van der Waals surface area contributed by atoms with E-state index in [1.165, 1.54) is 59.9 Å². The summed E-state index contributed by atoms with van der Waals surface area (Å²) in [6.45, 7) is 2.24. The summed E-state index contributed by atoms with van der Waals surface area (Å²) in [5, 5.41) is 0. The summed E-state index contributed by atoms with van der Waals surface area (Å²) in [5.41, 5.74) is 13.4. The minimum Gasteiger partial charge on any atom is -0.399 e. The van der Waals surface area contributed by atoms with Gasteiger partial charge in [0.05, 0.1) is 0 Å². The van der Waals surface area contributed by atoms with E-state index >= 15 is 0 Å². The third kappa shape index (κ3) is 5.99.